The molecule has 0 N–H and O–H groups in total. The summed E-state index contributed by atoms with van der Waals surface area (Å²) in [6, 6.07) is 1.89. The second-order valence-electron chi connectivity index (χ2n) is 2.84. The van der Waals surface area contributed by atoms with E-state index in [4.69, 9.17) is 0 Å². The Morgan fingerprint density at radius 1 is 1.27 bits per heavy atom. The largest absolute Gasteiger partial charge is 1.00 e. The van der Waals surface area contributed by atoms with Crippen molar-refractivity contribution in [3.63, 3.8) is 0 Å². The molecule has 1 aliphatic heterocycles. The summed E-state index contributed by atoms with van der Waals surface area (Å²) in [5.41, 5.74) is 0. The van der Waals surface area contributed by atoms with E-state index in [1.54, 1.807) is 0 Å². The fraction of sp³-hybridized carbons (Fsp3) is 0.444. The Morgan fingerprint density at radius 3 is 2.27 bits per heavy atom. The molecule has 0 fully saturated rings. The summed E-state index contributed by atoms with van der Waals surface area (Å²) in [7, 11) is 0. The number of hydrogen-bond acceptors (Lipinski definition) is 1. The molecule has 0 amide bonds. The van der Waals surface area contributed by atoms with E-state index in [2.05, 4.69) is 50.1 Å². The molecule has 0 aromatic rings. The SMILES string of the molecule is C[C-]1C=CC=CN1C(C)C.[Rb+]. The molecule has 56 valence electrons. The molecule has 1 rings (SSSR count). The zero-order valence-electron chi connectivity index (χ0n) is 7.83. The van der Waals surface area contributed by atoms with Crippen LogP contribution in [0.25, 0.3) is 0 Å². The normalized spacial score (nSPS) is 15.6. The zero-order chi connectivity index (χ0) is 7.56. The maximum absolute atomic E-state index is 2.25. The van der Waals surface area contributed by atoms with E-state index in [-0.39, 0.29) is 58.2 Å². The number of allylic oxidation sites excluding steroid dienone is 2. The van der Waals surface area contributed by atoms with Gasteiger partial charge in [-0.3, -0.25) is 0 Å². The number of hydrogen-bond donors (Lipinski definition) is 0. The van der Waals surface area contributed by atoms with Crippen LogP contribution in [0.2, 0.25) is 0 Å². The minimum Gasteiger partial charge on any atom is -0.429 e. The Bertz CT molecular complexity index is 161. The third-order valence-corrected chi connectivity index (χ3v) is 1.66. The summed E-state index contributed by atoms with van der Waals surface area (Å²) in [4.78, 5) is 2.25. The monoisotopic (exact) mass is 221 g/mol. The van der Waals surface area contributed by atoms with Gasteiger partial charge in [0.25, 0.3) is 0 Å². The molecule has 0 saturated heterocycles. The minimum absolute atomic E-state index is 0. The number of nitrogens with zero attached hydrogens (tertiary/aromatic N) is 1. The second-order valence-corrected chi connectivity index (χ2v) is 2.84. The van der Waals surface area contributed by atoms with Crippen molar-refractivity contribution in [1.29, 1.82) is 0 Å². The van der Waals surface area contributed by atoms with Gasteiger partial charge in [-0.2, -0.15) is 0 Å². The first-order valence-electron chi connectivity index (χ1n) is 3.68. The number of rotatable bonds is 1. The molecule has 11 heavy (non-hydrogen) atoms. The molecule has 0 spiro atoms. The molecule has 0 aromatic heterocycles. The molecule has 1 nitrogen and oxygen atoms in total. The van der Waals surface area contributed by atoms with Crippen molar-refractivity contribution in [2.75, 3.05) is 0 Å². The maximum atomic E-state index is 2.25. The Morgan fingerprint density at radius 2 is 1.91 bits per heavy atom. The summed E-state index contributed by atoms with van der Waals surface area (Å²) in [5.74, 6) is 0. The molecule has 0 saturated carbocycles. The van der Waals surface area contributed by atoms with E-state index in [0.717, 1.165) is 0 Å². The predicted molar refractivity (Wildman–Crippen MR) is 44.2 cm³/mol. The van der Waals surface area contributed by atoms with E-state index in [1.807, 2.05) is 0 Å². The summed E-state index contributed by atoms with van der Waals surface area (Å²) in [5, 5.41) is 0. The Labute approximate surface area is 118 Å². The van der Waals surface area contributed by atoms with E-state index < -0.39 is 0 Å². The van der Waals surface area contributed by atoms with Gasteiger partial charge < -0.3 is 4.90 Å². The van der Waals surface area contributed by atoms with E-state index in [9.17, 15) is 0 Å². The standard InChI is InChI=1S/C9H14N.Rb/c1-8(2)10-7-5-4-6-9(10)3;/h4-8H,1-3H3;/q-1;+1. The fourth-order valence-electron chi connectivity index (χ4n) is 1.12. The first kappa shape index (κ1) is 12.0. The Balaban J connectivity index is 0.000001000. The van der Waals surface area contributed by atoms with Crippen LogP contribution >= 0.6 is 0 Å². The van der Waals surface area contributed by atoms with Gasteiger partial charge in [-0.05, 0) is 20.0 Å². The molecule has 0 atom stereocenters. The van der Waals surface area contributed by atoms with E-state index in [1.165, 1.54) is 6.04 Å². The van der Waals surface area contributed by atoms with Gasteiger partial charge >= 0.3 is 58.2 Å². The molecule has 0 bridgehead atoms. The van der Waals surface area contributed by atoms with Gasteiger partial charge in [-0.25, -0.2) is 12.2 Å². The van der Waals surface area contributed by atoms with Crippen LogP contribution in [0.5, 0.6) is 0 Å². The average molecular weight is 222 g/mol. The Kier molecular flexibility index (Phi) is 6.06. The van der Waals surface area contributed by atoms with Gasteiger partial charge in [0.15, 0.2) is 0 Å². The van der Waals surface area contributed by atoms with Crippen LogP contribution in [0.4, 0.5) is 0 Å². The van der Waals surface area contributed by atoms with Gasteiger partial charge in [0.05, 0.1) is 0 Å². The first-order valence-corrected chi connectivity index (χ1v) is 3.68. The third kappa shape index (κ3) is 3.45. The molecule has 0 unspecified atom stereocenters. The topological polar surface area (TPSA) is 3.24 Å². The summed E-state index contributed by atoms with van der Waals surface area (Å²) in [6.45, 7) is 6.50. The van der Waals surface area contributed by atoms with Crippen molar-refractivity contribution in [3.05, 3.63) is 30.5 Å². The van der Waals surface area contributed by atoms with Gasteiger partial charge in [-0.15, -0.1) is 12.1 Å². The van der Waals surface area contributed by atoms with Crippen molar-refractivity contribution in [1.82, 2.24) is 4.90 Å². The van der Waals surface area contributed by atoms with Crippen LogP contribution in [-0.4, -0.2) is 10.9 Å². The second kappa shape index (κ2) is 5.58. The van der Waals surface area contributed by atoms with Crippen molar-refractivity contribution < 1.29 is 58.2 Å². The van der Waals surface area contributed by atoms with Crippen molar-refractivity contribution in [3.8, 4) is 0 Å². The van der Waals surface area contributed by atoms with Crippen LogP contribution in [0.1, 0.15) is 20.8 Å². The average Bonchev–Trinajstić information content (AvgIpc) is 1.88. The van der Waals surface area contributed by atoms with Gasteiger partial charge in [-0.1, -0.05) is 6.92 Å². The molecule has 0 aliphatic carbocycles. The van der Waals surface area contributed by atoms with E-state index >= 15 is 0 Å². The zero-order valence-corrected chi connectivity index (χ0v) is 12.8. The quantitative estimate of drug-likeness (QED) is 0.532. The molecule has 1 aliphatic rings. The Hall–Kier alpha value is 0.955. The fourth-order valence-corrected chi connectivity index (χ4v) is 1.12. The van der Waals surface area contributed by atoms with Gasteiger partial charge in [0.1, 0.15) is 0 Å². The molecular weight excluding hydrogens is 208 g/mol. The van der Waals surface area contributed by atoms with Gasteiger partial charge in [0, 0.05) is 6.04 Å². The van der Waals surface area contributed by atoms with Gasteiger partial charge in [0.2, 0.25) is 0 Å². The molecule has 0 radical (unpaired) electrons. The van der Waals surface area contributed by atoms with Crippen molar-refractivity contribution >= 4 is 0 Å². The molecule has 1 heterocycles. The minimum atomic E-state index is 0. The predicted octanol–water partition coefficient (Wildman–Crippen LogP) is -0.664. The maximum Gasteiger partial charge on any atom is 1.00 e. The van der Waals surface area contributed by atoms with Crippen LogP contribution < -0.4 is 58.2 Å². The summed E-state index contributed by atoms with van der Waals surface area (Å²) < 4.78 is 0. The summed E-state index contributed by atoms with van der Waals surface area (Å²) >= 11 is 0. The van der Waals surface area contributed by atoms with Crippen molar-refractivity contribution in [2.45, 2.75) is 26.8 Å². The summed E-state index contributed by atoms with van der Waals surface area (Å²) in [6.07, 6.45) is 8.36. The van der Waals surface area contributed by atoms with Crippen LogP contribution in [0.3, 0.4) is 0 Å². The van der Waals surface area contributed by atoms with E-state index in [0.29, 0.717) is 6.04 Å². The smallest absolute Gasteiger partial charge is 0.429 e. The molecular formula is C9H14NRb. The van der Waals surface area contributed by atoms with Crippen LogP contribution in [0.15, 0.2) is 24.4 Å². The third-order valence-electron chi connectivity index (χ3n) is 1.66. The molecule has 0 aromatic carbocycles. The first-order chi connectivity index (χ1) is 4.72. The van der Waals surface area contributed by atoms with Crippen molar-refractivity contribution in [2.24, 2.45) is 0 Å². The van der Waals surface area contributed by atoms with Crippen LogP contribution in [-0.2, 0) is 0 Å². The molecule has 2 heteroatoms. The van der Waals surface area contributed by atoms with Crippen LogP contribution in [0, 0.1) is 6.04 Å².